The van der Waals surface area contributed by atoms with Gasteiger partial charge in [0.05, 0.1) is 12.9 Å². The quantitative estimate of drug-likeness (QED) is 0.357. The van der Waals surface area contributed by atoms with E-state index in [0.29, 0.717) is 24.7 Å². The Bertz CT molecular complexity index is 739. The summed E-state index contributed by atoms with van der Waals surface area (Å²) in [6, 6.07) is 13.5. The zero-order valence-electron chi connectivity index (χ0n) is 12.6. The molecule has 0 aliphatic rings. The molecule has 1 aromatic carbocycles. The minimum atomic E-state index is 0.603. The first-order valence-corrected chi connectivity index (χ1v) is 8.25. The largest absolute Gasteiger partial charge is 0.493 e. The van der Waals surface area contributed by atoms with Crippen LogP contribution in [0.2, 0.25) is 0 Å². The number of para-hydroxylation sites is 1. The van der Waals surface area contributed by atoms with E-state index >= 15 is 0 Å². The lowest BCUT2D eigenvalue weighted by molar-refractivity contribution is 0.344. The average molecular weight is 327 g/mol. The molecule has 0 aliphatic heterocycles. The molecule has 23 heavy (non-hydrogen) atoms. The fraction of sp³-hybridized carbons (Fsp3) is 0.176. The van der Waals surface area contributed by atoms with Crippen LogP contribution in [0.1, 0.15) is 0 Å². The first-order valence-electron chi connectivity index (χ1n) is 7.27. The molecule has 0 N–H and O–H groups in total. The molecular weight excluding hydrogens is 310 g/mol. The van der Waals surface area contributed by atoms with Gasteiger partial charge >= 0.3 is 0 Å². The van der Waals surface area contributed by atoms with Gasteiger partial charge < -0.3 is 9.15 Å². The van der Waals surface area contributed by atoms with E-state index in [-0.39, 0.29) is 0 Å². The maximum absolute atomic E-state index is 5.69. The van der Waals surface area contributed by atoms with Crippen molar-refractivity contribution in [2.24, 2.45) is 0 Å². The molecule has 0 aliphatic carbocycles. The molecule has 0 amide bonds. The van der Waals surface area contributed by atoms with E-state index in [4.69, 9.17) is 9.15 Å². The van der Waals surface area contributed by atoms with Crippen molar-refractivity contribution in [3.8, 4) is 17.3 Å². The molecule has 5 nitrogen and oxygen atoms in total. The van der Waals surface area contributed by atoms with Crippen LogP contribution in [0.5, 0.6) is 5.75 Å². The zero-order valence-corrected chi connectivity index (χ0v) is 13.4. The number of thioether (sulfide) groups is 1. The third kappa shape index (κ3) is 3.84. The third-order valence-electron chi connectivity index (χ3n) is 3.10. The number of hydrogen-bond acceptors (Lipinski definition) is 5. The Balaban J connectivity index is 1.62. The highest BCUT2D eigenvalue weighted by Crippen LogP contribution is 2.24. The summed E-state index contributed by atoms with van der Waals surface area (Å²) in [5.41, 5.74) is 0. The van der Waals surface area contributed by atoms with Crippen molar-refractivity contribution in [1.82, 2.24) is 14.8 Å². The number of hydrogen-bond donors (Lipinski definition) is 0. The van der Waals surface area contributed by atoms with E-state index < -0.39 is 0 Å². The maximum Gasteiger partial charge on any atom is 0.200 e. The summed E-state index contributed by atoms with van der Waals surface area (Å²) in [4.78, 5) is 0. The Labute approximate surface area is 139 Å². The van der Waals surface area contributed by atoms with E-state index in [1.165, 1.54) is 0 Å². The molecule has 2 heterocycles. The Morgan fingerprint density at radius 1 is 1.17 bits per heavy atom. The summed E-state index contributed by atoms with van der Waals surface area (Å²) in [5.74, 6) is 3.06. The molecule has 3 rings (SSSR count). The van der Waals surface area contributed by atoms with Crippen molar-refractivity contribution in [3.05, 3.63) is 61.4 Å². The van der Waals surface area contributed by atoms with E-state index in [2.05, 4.69) is 16.8 Å². The van der Waals surface area contributed by atoms with Crippen molar-refractivity contribution in [2.75, 3.05) is 12.4 Å². The third-order valence-corrected chi connectivity index (χ3v) is 4.03. The van der Waals surface area contributed by atoms with E-state index in [0.717, 1.165) is 16.7 Å². The summed E-state index contributed by atoms with van der Waals surface area (Å²) in [7, 11) is 0. The lowest BCUT2D eigenvalue weighted by atomic mass is 10.3. The smallest absolute Gasteiger partial charge is 0.200 e. The Morgan fingerprint density at radius 3 is 2.78 bits per heavy atom. The molecule has 0 unspecified atom stereocenters. The summed E-state index contributed by atoms with van der Waals surface area (Å²) < 4.78 is 13.1. The van der Waals surface area contributed by atoms with Gasteiger partial charge in [0.1, 0.15) is 5.75 Å². The molecule has 0 atom stereocenters. The van der Waals surface area contributed by atoms with Crippen molar-refractivity contribution in [3.63, 3.8) is 0 Å². The van der Waals surface area contributed by atoms with Crippen molar-refractivity contribution in [2.45, 2.75) is 11.7 Å². The van der Waals surface area contributed by atoms with Crippen molar-refractivity contribution >= 4 is 11.8 Å². The zero-order chi connectivity index (χ0) is 15.9. The second-order valence-electron chi connectivity index (χ2n) is 4.69. The Morgan fingerprint density at radius 2 is 2.04 bits per heavy atom. The van der Waals surface area contributed by atoms with Gasteiger partial charge in [0.2, 0.25) is 5.82 Å². The molecule has 0 spiro atoms. The predicted molar refractivity (Wildman–Crippen MR) is 90.6 cm³/mol. The molecule has 0 bridgehead atoms. The van der Waals surface area contributed by atoms with Crippen LogP contribution >= 0.6 is 11.8 Å². The second-order valence-corrected chi connectivity index (χ2v) is 5.75. The van der Waals surface area contributed by atoms with Crippen LogP contribution in [-0.2, 0) is 6.54 Å². The van der Waals surface area contributed by atoms with Gasteiger partial charge in [-0.15, -0.1) is 16.8 Å². The number of allylic oxidation sites excluding steroid dienone is 1. The standard InChI is InChI=1S/C17H17N3O2S/c1-2-10-20-16(15-9-6-11-22-15)18-19-17(20)23-13-12-21-14-7-4-3-5-8-14/h2-9,11H,1,10,12-13H2. The van der Waals surface area contributed by atoms with Crippen LogP contribution in [0.3, 0.4) is 0 Å². The van der Waals surface area contributed by atoms with Gasteiger partial charge in [-0.25, -0.2) is 0 Å². The van der Waals surface area contributed by atoms with Crippen LogP contribution in [-0.4, -0.2) is 27.1 Å². The van der Waals surface area contributed by atoms with Gasteiger partial charge in [-0.2, -0.15) is 0 Å². The fourth-order valence-electron chi connectivity index (χ4n) is 2.09. The fourth-order valence-corrected chi connectivity index (χ4v) is 2.85. The minimum Gasteiger partial charge on any atom is -0.493 e. The lowest BCUT2D eigenvalue weighted by Crippen LogP contribution is -2.03. The number of nitrogens with zero attached hydrogens (tertiary/aromatic N) is 3. The molecule has 0 fully saturated rings. The molecular formula is C17H17N3O2S. The van der Waals surface area contributed by atoms with Crippen LogP contribution in [0.15, 0.2) is 71.0 Å². The van der Waals surface area contributed by atoms with Crippen LogP contribution in [0.25, 0.3) is 11.6 Å². The summed E-state index contributed by atoms with van der Waals surface area (Å²) in [6.45, 7) is 5.03. The van der Waals surface area contributed by atoms with Gasteiger partial charge in [-0.1, -0.05) is 36.0 Å². The summed E-state index contributed by atoms with van der Waals surface area (Å²) >= 11 is 1.60. The first kappa shape index (κ1) is 15.4. The molecule has 6 heteroatoms. The topological polar surface area (TPSA) is 53.1 Å². The lowest BCUT2D eigenvalue weighted by Gasteiger charge is -2.07. The highest BCUT2D eigenvalue weighted by molar-refractivity contribution is 7.99. The average Bonchev–Trinajstić information content (AvgIpc) is 3.23. The normalized spacial score (nSPS) is 10.6. The second kappa shape index (κ2) is 7.69. The van der Waals surface area contributed by atoms with Crippen molar-refractivity contribution < 1.29 is 9.15 Å². The summed E-state index contributed by atoms with van der Waals surface area (Å²) in [5, 5.41) is 9.30. The maximum atomic E-state index is 5.69. The number of benzene rings is 1. The van der Waals surface area contributed by atoms with Crippen molar-refractivity contribution in [1.29, 1.82) is 0 Å². The number of ether oxygens (including phenoxy) is 1. The number of aromatic nitrogens is 3. The van der Waals surface area contributed by atoms with Gasteiger partial charge in [0.25, 0.3) is 0 Å². The molecule has 3 aromatic rings. The van der Waals surface area contributed by atoms with Gasteiger partial charge in [0.15, 0.2) is 10.9 Å². The molecule has 2 aromatic heterocycles. The van der Waals surface area contributed by atoms with E-state index in [1.54, 1.807) is 18.0 Å². The Kier molecular flexibility index (Phi) is 5.16. The number of rotatable bonds is 8. The summed E-state index contributed by atoms with van der Waals surface area (Å²) in [6.07, 6.45) is 3.45. The minimum absolute atomic E-state index is 0.603. The van der Waals surface area contributed by atoms with Gasteiger partial charge in [-0.3, -0.25) is 4.57 Å². The highest BCUT2D eigenvalue weighted by atomic mass is 32.2. The monoisotopic (exact) mass is 327 g/mol. The predicted octanol–water partition coefficient (Wildman–Crippen LogP) is 3.90. The van der Waals surface area contributed by atoms with Gasteiger partial charge in [0, 0.05) is 12.3 Å². The highest BCUT2D eigenvalue weighted by Gasteiger charge is 2.15. The number of furan rings is 1. The van der Waals surface area contributed by atoms with Crippen LogP contribution in [0, 0.1) is 0 Å². The molecule has 0 saturated heterocycles. The SMILES string of the molecule is C=CCn1c(SCCOc2ccccc2)nnc1-c1ccco1. The first-order chi connectivity index (χ1) is 11.4. The molecule has 118 valence electrons. The molecule has 0 radical (unpaired) electrons. The Hall–Kier alpha value is -2.47. The van der Waals surface area contributed by atoms with E-state index in [9.17, 15) is 0 Å². The molecule has 0 saturated carbocycles. The van der Waals surface area contributed by atoms with Crippen LogP contribution in [0.4, 0.5) is 0 Å². The van der Waals surface area contributed by atoms with Gasteiger partial charge in [-0.05, 0) is 24.3 Å². The van der Waals surface area contributed by atoms with Crippen LogP contribution < -0.4 is 4.74 Å². The van der Waals surface area contributed by atoms with E-state index in [1.807, 2.05) is 53.1 Å².